The highest BCUT2D eigenvalue weighted by Crippen LogP contribution is 2.32. The van der Waals surface area contributed by atoms with Gasteiger partial charge >= 0.3 is 6.18 Å². The van der Waals surface area contributed by atoms with E-state index in [0.29, 0.717) is 6.42 Å². The van der Waals surface area contributed by atoms with E-state index in [0.717, 1.165) is 6.42 Å². The predicted molar refractivity (Wildman–Crippen MR) is 40.8 cm³/mol. The van der Waals surface area contributed by atoms with Gasteiger partial charge in [0.05, 0.1) is 0 Å². The molecule has 0 radical (unpaired) electrons. The molecule has 1 rings (SSSR count). The van der Waals surface area contributed by atoms with Crippen molar-refractivity contribution in [3.8, 4) is 0 Å². The van der Waals surface area contributed by atoms with Crippen LogP contribution in [0.25, 0.3) is 0 Å². The summed E-state index contributed by atoms with van der Waals surface area (Å²) in [5, 5.41) is 2.83. The summed E-state index contributed by atoms with van der Waals surface area (Å²) in [5.74, 6) is 0. The molecule has 1 aliphatic rings. The molecule has 0 spiro atoms. The van der Waals surface area contributed by atoms with Gasteiger partial charge in [0.1, 0.15) is 0 Å². The standard InChI is InChI=1S/C8H12F3N/c1-12-7-4-2-3-6(5-7)8(9,10)11/h5,7,12H,2-4H2,1H3. The number of nitrogens with one attached hydrogen (secondary N) is 1. The molecule has 0 aromatic carbocycles. The zero-order chi connectivity index (χ0) is 9.19. The Hall–Kier alpha value is -0.510. The third-order valence-electron chi connectivity index (χ3n) is 2.10. The number of rotatable bonds is 1. The maximum Gasteiger partial charge on any atom is 0.412 e. The van der Waals surface area contributed by atoms with Crippen molar-refractivity contribution in [3.63, 3.8) is 0 Å². The zero-order valence-electron chi connectivity index (χ0n) is 6.91. The van der Waals surface area contributed by atoms with Crippen LogP contribution in [0, 0.1) is 0 Å². The summed E-state index contributed by atoms with van der Waals surface area (Å²) < 4.78 is 36.5. The first-order chi connectivity index (χ1) is 5.54. The highest BCUT2D eigenvalue weighted by Gasteiger charge is 2.34. The Kier molecular flexibility index (Phi) is 2.77. The molecule has 0 saturated carbocycles. The van der Waals surface area contributed by atoms with Crippen molar-refractivity contribution in [2.75, 3.05) is 7.05 Å². The molecule has 0 bridgehead atoms. The van der Waals surface area contributed by atoms with Crippen LogP contribution >= 0.6 is 0 Å². The molecule has 0 aromatic rings. The second-order valence-corrected chi connectivity index (χ2v) is 2.98. The molecule has 1 N–H and O–H groups in total. The summed E-state index contributed by atoms with van der Waals surface area (Å²) in [4.78, 5) is 0. The Labute approximate surface area is 69.6 Å². The van der Waals surface area contributed by atoms with E-state index in [2.05, 4.69) is 5.32 Å². The maximum absolute atomic E-state index is 12.2. The molecule has 0 aliphatic heterocycles. The topological polar surface area (TPSA) is 12.0 Å². The third-order valence-corrected chi connectivity index (χ3v) is 2.10. The lowest BCUT2D eigenvalue weighted by Gasteiger charge is -2.21. The van der Waals surface area contributed by atoms with Crippen molar-refractivity contribution in [2.24, 2.45) is 0 Å². The predicted octanol–water partition coefficient (Wildman–Crippen LogP) is 2.25. The smallest absolute Gasteiger partial charge is 0.314 e. The van der Waals surface area contributed by atoms with Crippen molar-refractivity contribution < 1.29 is 13.2 Å². The Balaban J connectivity index is 2.70. The van der Waals surface area contributed by atoms with Crippen LogP contribution in [0.5, 0.6) is 0 Å². The van der Waals surface area contributed by atoms with Crippen molar-refractivity contribution >= 4 is 0 Å². The fraction of sp³-hybridized carbons (Fsp3) is 0.750. The van der Waals surface area contributed by atoms with E-state index < -0.39 is 6.18 Å². The molecule has 1 aliphatic carbocycles. The summed E-state index contributed by atoms with van der Waals surface area (Å²) in [6.07, 6.45) is -1.24. The van der Waals surface area contributed by atoms with E-state index >= 15 is 0 Å². The highest BCUT2D eigenvalue weighted by atomic mass is 19.4. The normalized spacial score (nSPS) is 25.3. The van der Waals surface area contributed by atoms with E-state index in [-0.39, 0.29) is 18.0 Å². The van der Waals surface area contributed by atoms with E-state index in [1.54, 1.807) is 7.05 Å². The lowest BCUT2D eigenvalue weighted by molar-refractivity contribution is -0.0953. The van der Waals surface area contributed by atoms with Gasteiger partial charge in [-0.1, -0.05) is 6.08 Å². The van der Waals surface area contributed by atoms with Crippen LogP contribution < -0.4 is 5.32 Å². The summed E-state index contributed by atoms with van der Waals surface area (Å²) in [6, 6.07) is -0.102. The Morgan fingerprint density at radius 1 is 1.50 bits per heavy atom. The lowest BCUT2D eigenvalue weighted by atomic mass is 9.95. The Morgan fingerprint density at radius 2 is 2.17 bits per heavy atom. The van der Waals surface area contributed by atoms with Gasteiger partial charge in [0.25, 0.3) is 0 Å². The molecule has 0 saturated heterocycles. The fourth-order valence-electron chi connectivity index (χ4n) is 1.39. The van der Waals surface area contributed by atoms with E-state index in [1.165, 1.54) is 6.08 Å². The van der Waals surface area contributed by atoms with E-state index in [9.17, 15) is 13.2 Å². The zero-order valence-corrected chi connectivity index (χ0v) is 6.91. The molecule has 0 fully saturated rings. The molecular weight excluding hydrogens is 167 g/mol. The first-order valence-corrected chi connectivity index (χ1v) is 3.99. The summed E-state index contributed by atoms with van der Waals surface area (Å²) in [6.45, 7) is 0. The monoisotopic (exact) mass is 179 g/mol. The molecule has 4 heteroatoms. The van der Waals surface area contributed by atoms with Crippen LogP contribution in [0.3, 0.4) is 0 Å². The van der Waals surface area contributed by atoms with Crippen LogP contribution in [-0.2, 0) is 0 Å². The van der Waals surface area contributed by atoms with Gasteiger partial charge in [-0.15, -0.1) is 0 Å². The van der Waals surface area contributed by atoms with E-state index in [1.807, 2.05) is 0 Å². The van der Waals surface area contributed by atoms with Crippen molar-refractivity contribution in [1.29, 1.82) is 0 Å². The number of hydrogen-bond acceptors (Lipinski definition) is 1. The minimum atomic E-state index is -4.13. The second-order valence-electron chi connectivity index (χ2n) is 2.98. The molecule has 12 heavy (non-hydrogen) atoms. The maximum atomic E-state index is 12.2. The van der Waals surface area contributed by atoms with Crippen LogP contribution in [-0.4, -0.2) is 19.3 Å². The van der Waals surface area contributed by atoms with Gasteiger partial charge in [0, 0.05) is 11.6 Å². The SMILES string of the molecule is CNC1C=C(C(F)(F)F)CCC1. The molecule has 1 nitrogen and oxygen atoms in total. The minimum absolute atomic E-state index is 0.102. The van der Waals surface area contributed by atoms with Crippen LogP contribution in [0.15, 0.2) is 11.6 Å². The first kappa shape index (κ1) is 9.58. The highest BCUT2D eigenvalue weighted by molar-refractivity contribution is 5.15. The van der Waals surface area contributed by atoms with Crippen molar-refractivity contribution in [2.45, 2.75) is 31.5 Å². The Morgan fingerprint density at radius 3 is 2.67 bits per heavy atom. The second kappa shape index (κ2) is 3.47. The average molecular weight is 179 g/mol. The number of allylic oxidation sites excluding steroid dienone is 1. The molecule has 0 amide bonds. The molecule has 70 valence electrons. The summed E-state index contributed by atoms with van der Waals surface area (Å²) >= 11 is 0. The van der Waals surface area contributed by atoms with Crippen LogP contribution in [0.1, 0.15) is 19.3 Å². The van der Waals surface area contributed by atoms with Gasteiger partial charge in [-0.2, -0.15) is 13.2 Å². The number of halogens is 3. The van der Waals surface area contributed by atoms with Gasteiger partial charge in [0.15, 0.2) is 0 Å². The van der Waals surface area contributed by atoms with Crippen molar-refractivity contribution in [3.05, 3.63) is 11.6 Å². The van der Waals surface area contributed by atoms with Crippen molar-refractivity contribution in [1.82, 2.24) is 5.32 Å². The quantitative estimate of drug-likeness (QED) is 0.609. The average Bonchev–Trinajstić information content (AvgIpc) is 2.03. The van der Waals surface area contributed by atoms with Gasteiger partial charge < -0.3 is 5.32 Å². The molecular formula is C8H12F3N. The van der Waals surface area contributed by atoms with Crippen LogP contribution in [0.4, 0.5) is 13.2 Å². The lowest BCUT2D eigenvalue weighted by Crippen LogP contribution is -2.28. The Bertz CT molecular complexity index is 183. The molecule has 0 aromatic heterocycles. The van der Waals surface area contributed by atoms with Gasteiger partial charge in [-0.05, 0) is 26.3 Å². The van der Waals surface area contributed by atoms with Gasteiger partial charge in [0.2, 0.25) is 0 Å². The largest absolute Gasteiger partial charge is 0.412 e. The minimum Gasteiger partial charge on any atom is -0.314 e. The number of hydrogen-bond donors (Lipinski definition) is 1. The molecule has 1 unspecified atom stereocenters. The summed E-state index contributed by atoms with van der Waals surface area (Å²) in [7, 11) is 1.68. The number of alkyl halides is 3. The molecule has 0 heterocycles. The number of likely N-dealkylation sites (N-methyl/N-ethyl adjacent to an activating group) is 1. The van der Waals surface area contributed by atoms with Gasteiger partial charge in [-0.3, -0.25) is 0 Å². The fourth-order valence-corrected chi connectivity index (χ4v) is 1.39. The first-order valence-electron chi connectivity index (χ1n) is 3.99. The third kappa shape index (κ3) is 2.24. The van der Waals surface area contributed by atoms with Crippen LogP contribution in [0.2, 0.25) is 0 Å². The molecule has 1 atom stereocenters. The summed E-state index contributed by atoms with van der Waals surface area (Å²) in [5.41, 5.74) is -0.381. The van der Waals surface area contributed by atoms with Gasteiger partial charge in [-0.25, -0.2) is 0 Å². The van der Waals surface area contributed by atoms with E-state index in [4.69, 9.17) is 0 Å².